The monoisotopic (exact) mass is 424 g/mol. The Morgan fingerprint density at radius 1 is 1.26 bits per heavy atom. The number of hydrogen-bond donors (Lipinski definition) is 1. The number of amides is 1. The molecule has 8 heteroatoms. The number of likely N-dealkylation sites (tertiary alicyclic amines) is 1. The second-order valence-corrected chi connectivity index (χ2v) is 8.70. The number of halogens is 1. The largest absolute Gasteiger partial charge is 0.487 e. The van der Waals surface area contributed by atoms with Crippen molar-refractivity contribution < 1.29 is 18.3 Å². The van der Waals surface area contributed by atoms with E-state index < -0.39 is 0 Å². The third kappa shape index (κ3) is 4.06. The van der Waals surface area contributed by atoms with Crippen LogP contribution in [0, 0.1) is 12.7 Å². The summed E-state index contributed by atoms with van der Waals surface area (Å²) in [6.45, 7) is 4.98. The molecule has 0 unspecified atom stereocenters. The van der Waals surface area contributed by atoms with Crippen molar-refractivity contribution >= 4 is 22.8 Å². The number of aryl methyl sites for hydroxylation is 1. The van der Waals surface area contributed by atoms with Crippen molar-refractivity contribution in [2.24, 2.45) is 0 Å². The van der Waals surface area contributed by atoms with Gasteiger partial charge in [0, 0.05) is 31.5 Å². The maximum absolute atomic E-state index is 13.8. The zero-order valence-electron chi connectivity index (χ0n) is 17.7. The highest BCUT2D eigenvalue weighted by atomic mass is 19.1. The number of hydrogen-bond acceptors (Lipinski definition) is 6. The number of furan rings is 1. The van der Waals surface area contributed by atoms with Crippen LogP contribution in [0.5, 0.6) is 5.75 Å². The predicted octanol–water partition coefficient (Wildman–Crippen LogP) is 4.32. The number of nitrogens with zero attached hydrogens (tertiary/aromatic N) is 3. The topological polar surface area (TPSA) is 80.5 Å². The SMILES string of the molecule is Cc1cc2c(NC3(C)CC3)nc(C(=O)N3CCC(Oc4ccccc4F)CC3)nc2o1. The third-order valence-electron chi connectivity index (χ3n) is 5.99. The van der Waals surface area contributed by atoms with E-state index in [1.54, 1.807) is 23.1 Å². The highest BCUT2D eigenvalue weighted by Crippen LogP contribution is 2.39. The molecule has 0 bridgehead atoms. The van der Waals surface area contributed by atoms with Gasteiger partial charge in [0.1, 0.15) is 17.7 Å². The molecule has 1 aliphatic carbocycles. The van der Waals surface area contributed by atoms with Crippen LogP contribution in [0.2, 0.25) is 0 Å². The maximum atomic E-state index is 13.8. The van der Waals surface area contributed by atoms with Gasteiger partial charge in [-0.1, -0.05) is 12.1 Å². The average molecular weight is 424 g/mol. The van der Waals surface area contributed by atoms with Gasteiger partial charge in [-0.15, -0.1) is 0 Å². The normalized spacial score (nSPS) is 18.2. The van der Waals surface area contributed by atoms with Gasteiger partial charge in [-0.25, -0.2) is 9.37 Å². The molecule has 2 aromatic heterocycles. The molecule has 162 valence electrons. The molecule has 1 saturated carbocycles. The number of piperidine rings is 1. The van der Waals surface area contributed by atoms with Gasteiger partial charge >= 0.3 is 0 Å². The number of fused-ring (bicyclic) bond motifs is 1. The van der Waals surface area contributed by atoms with Crippen LogP contribution in [0.3, 0.4) is 0 Å². The first kappa shape index (κ1) is 19.8. The van der Waals surface area contributed by atoms with E-state index in [0.29, 0.717) is 37.5 Å². The van der Waals surface area contributed by atoms with E-state index in [1.165, 1.54) is 6.07 Å². The van der Waals surface area contributed by atoms with Crippen LogP contribution in [0.15, 0.2) is 34.7 Å². The first-order chi connectivity index (χ1) is 14.9. The quantitative estimate of drug-likeness (QED) is 0.657. The molecule has 1 amide bonds. The molecular weight excluding hydrogens is 399 g/mol. The van der Waals surface area contributed by atoms with Gasteiger partial charge in [0.25, 0.3) is 5.91 Å². The fourth-order valence-corrected chi connectivity index (χ4v) is 3.87. The molecule has 2 aliphatic rings. The molecule has 0 spiro atoms. The van der Waals surface area contributed by atoms with Crippen molar-refractivity contribution in [3.05, 3.63) is 47.7 Å². The lowest BCUT2D eigenvalue weighted by Gasteiger charge is -2.31. The van der Waals surface area contributed by atoms with Gasteiger partial charge in [-0.2, -0.15) is 4.98 Å². The minimum absolute atomic E-state index is 0.00910. The average Bonchev–Trinajstić information content (AvgIpc) is 3.35. The van der Waals surface area contributed by atoms with Crippen molar-refractivity contribution in [2.45, 2.75) is 51.2 Å². The van der Waals surface area contributed by atoms with Crippen molar-refractivity contribution in [3.63, 3.8) is 0 Å². The fraction of sp³-hybridized carbons (Fsp3) is 0.435. The highest BCUT2D eigenvalue weighted by molar-refractivity contribution is 5.95. The molecule has 3 heterocycles. The Bertz CT molecular complexity index is 1130. The summed E-state index contributed by atoms with van der Waals surface area (Å²) in [6.07, 6.45) is 3.23. The summed E-state index contributed by atoms with van der Waals surface area (Å²) in [4.78, 5) is 23.8. The van der Waals surface area contributed by atoms with Crippen LogP contribution >= 0.6 is 0 Å². The zero-order chi connectivity index (χ0) is 21.6. The molecular formula is C23H25FN4O3. The smallest absolute Gasteiger partial charge is 0.291 e. The van der Waals surface area contributed by atoms with Crippen LogP contribution in [0.4, 0.5) is 10.2 Å². The molecule has 0 radical (unpaired) electrons. The van der Waals surface area contributed by atoms with Crippen LogP contribution in [0.25, 0.3) is 11.1 Å². The molecule has 31 heavy (non-hydrogen) atoms. The fourth-order valence-electron chi connectivity index (χ4n) is 3.87. The molecule has 7 nitrogen and oxygen atoms in total. The molecule has 3 aromatic rings. The predicted molar refractivity (Wildman–Crippen MR) is 114 cm³/mol. The van der Waals surface area contributed by atoms with Crippen LogP contribution in [-0.4, -0.2) is 45.5 Å². The summed E-state index contributed by atoms with van der Waals surface area (Å²) >= 11 is 0. The van der Waals surface area contributed by atoms with Crippen molar-refractivity contribution in [1.82, 2.24) is 14.9 Å². The minimum atomic E-state index is -0.374. The van der Waals surface area contributed by atoms with E-state index in [2.05, 4.69) is 22.2 Å². The molecule has 0 atom stereocenters. The number of para-hydroxylation sites is 1. The summed E-state index contributed by atoms with van der Waals surface area (Å²) in [5.74, 6) is 1.14. The number of nitrogens with one attached hydrogen (secondary N) is 1. The standard InChI is InChI=1S/C23H25FN4O3/c1-14-13-16-19(27-23(2)9-10-23)25-20(26-21(16)30-14)22(29)28-11-7-15(8-12-28)31-18-6-4-3-5-17(18)24/h3-6,13,15H,7-12H2,1-2H3,(H,25,26,27). The number of carbonyl (C=O) groups excluding carboxylic acids is 1. The van der Waals surface area contributed by atoms with Gasteiger partial charge in [-0.05, 0) is 44.9 Å². The van der Waals surface area contributed by atoms with Gasteiger partial charge in [-0.3, -0.25) is 4.79 Å². The summed E-state index contributed by atoms with van der Waals surface area (Å²) in [7, 11) is 0. The zero-order valence-corrected chi connectivity index (χ0v) is 17.7. The molecule has 1 saturated heterocycles. The summed E-state index contributed by atoms with van der Waals surface area (Å²) in [5.41, 5.74) is 0.426. The lowest BCUT2D eigenvalue weighted by Crippen LogP contribution is -2.42. The number of rotatable bonds is 5. The summed E-state index contributed by atoms with van der Waals surface area (Å²) < 4.78 is 25.3. The Hall–Kier alpha value is -3.16. The Balaban J connectivity index is 1.31. The van der Waals surface area contributed by atoms with Gasteiger partial charge < -0.3 is 19.4 Å². The number of aromatic nitrogens is 2. The maximum Gasteiger partial charge on any atom is 0.291 e. The summed E-state index contributed by atoms with van der Waals surface area (Å²) in [6, 6.07) is 8.27. The van der Waals surface area contributed by atoms with Crippen LogP contribution in [0.1, 0.15) is 49.0 Å². The highest BCUT2D eigenvalue weighted by Gasteiger charge is 2.38. The lowest BCUT2D eigenvalue weighted by atomic mass is 10.1. The lowest BCUT2D eigenvalue weighted by molar-refractivity contribution is 0.0577. The molecule has 1 N–H and O–H groups in total. The molecule has 1 aromatic carbocycles. The Kier molecular flexibility index (Phi) is 4.79. The summed E-state index contributed by atoms with van der Waals surface area (Å²) in [5, 5.41) is 4.24. The number of carbonyl (C=O) groups is 1. The van der Waals surface area contributed by atoms with Gasteiger partial charge in [0.2, 0.25) is 11.5 Å². The number of benzene rings is 1. The Morgan fingerprint density at radius 3 is 2.71 bits per heavy atom. The molecule has 5 rings (SSSR count). The number of ether oxygens (including phenoxy) is 1. The van der Waals surface area contributed by atoms with Crippen molar-refractivity contribution in [3.8, 4) is 5.75 Å². The Labute approximate surface area is 179 Å². The van der Waals surface area contributed by atoms with E-state index in [-0.39, 0.29) is 34.9 Å². The van der Waals surface area contributed by atoms with E-state index >= 15 is 0 Å². The first-order valence-corrected chi connectivity index (χ1v) is 10.7. The second kappa shape index (κ2) is 7.51. The van der Waals surface area contributed by atoms with E-state index in [4.69, 9.17) is 9.15 Å². The van der Waals surface area contributed by atoms with E-state index in [1.807, 2.05) is 13.0 Å². The third-order valence-corrected chi connectivity index (χ3v) is 5.99. The van der Waals surface area contributed by atoms with Gasteiger partial charge in [0.15, 0.2) is 11.6 Å². The van der Waals surface area contributed by atoms with Crippen molar-refractivity contribution in [1.29, 1.82) is 0 Å². The molecule has 1 aliphatic heterocycles. The number of anilines is 1. The van der Waals surface area contributed by atoms with Crippen LogP contribution in [-0.2, 0) is 0 Å². The van der Waals surface area contributed by atoms with Crippen LogP contribution < -0.4 is 10.1 Å². The minimum Gasteiger partial charge on any atom is -0.487 e. The van der Waals surface area contributed by atoms with Gasteiger partial charge in [0.05, 0.1) is 5.39 Å². The van der Waals surface area contributed by atoms with Crippen molar-refractivity contribution in [2.75, 3.05) is 18.4 Å². The van der Waals surface area contributed by atoms with E-state index in [9.17, 15) is 9.18 Å². The second-order valence-electron chi connectivity index (χ2n) is 8.70. The first-order valence-electron chi connectivity index (χ1n) is 10.7. The molecule has 2 fully saturated rings. The van der Waals surface area contributed by atoms with E-state index in [0.717, 1.165) is 24.0 Å². The Morgan fingerprint density at radius 2 is 2.00 bits per heavy atom.